The van der Waals surface area contributed by atoms with Crippen molar-refractivity contribution in [1.29, 1.82) is 0 Å². The van der Waals surface area contributed by atoms with Crippen LogP contribution in [-0.2, 0) is 11.2 Å². The molecule has 0 radical (unpaired) electrons. The molecule has 1 aliphatic rings. The largest absolute Gasteiger partial charge is 0.496 e. The highest BCUT2D eigenvalue weighted by Crippen LogP contribution is 2.48. The van der Waals surface area contributed by atoms with E-state index in [4.69, 9.17) is 14.6 Å². The summed E-state index contributed by atoms with van der Waals surface area (Å²) in [6.07, 6.45) is 3.19. The van der Waals surface area contributed by atoms with Gasteiger partial charge in [-0.2, -0.15) is 0 Å². The number of rotatable bonds is 7. The number of carboxylic acid groups (broad SMARTS) is 1. The molecule has 1 aliphatic carbocycles. The minimum atomic E-state index is -0.762. The second kappa shape index (κ2) is 6.16. The van der Waals surface area contributed by atoms with Gasteiger partial charge in [0.2, 0.25) is 0 Å². The number of carboxylic acids is 1. The highest BCUT2D eigenvalue weighted by molar-refractivity contribution is 5.68. The van der Waals surface area contributed by atoms with E-state index in [1.54, 1.807) is 14.2 Å². The first-order valence-electron chi connectivity index (χ1n) is 7.07. The summed E-state index contributed by atoms with van der Waals surface area (Å²) in [6.45, 7) is 2.06. The molecule has 110 valence electrons. The Morgan fingerprint density at radius 3 is 2.40 bits per heavy atom. The molecule has 0 heterocycles. The van der Waals surface area contributed by atoms with Crippen LogP contribution in [0.15, 0.2) is 12.1 Å². The first-order chi connectivity index (χ1) is 9.60. The van der Waals surface area contributed by atoms with Gasteiger partial charge in [-0.3, -0.25) is 4.79 Å². The molecule has 0 aromatic heterocycles. The number of carbonyl (C=O) groups is 1. The number of ether oxygens (including phenoxy) is 2. The van der Waals surface area contributed by atoms with E-state index in [1.807, 2.05) is 12.1 Å². The van der Waals surface area contributed by atoms with Gasteiger partial charge in [-0.25, -0.2) is 0 Å². The van der Waals surface area contributed by atoms with Gasteiger partial charge in [-0.05, 0) is 42.9 Å². The van der Waals surface area contributed by atoms with Crippen molar-refractivity contribution in [3.05, 3.63) is 23.3 Å². The van der Waals surface area contributed by atoms with Crippen molar-refractivity contribution in [2.75, 3.05) is 14.2 Å². The van der Waals surface area contributed by atoms with Gasteiger partial charge in [0.05, 0.1) is 20.6 Å². The van der Waals surface area contributed by atoms with Crippen LogP contribution in [-0.4, -0.2) is 25.3 Å². The highest BCUT2D eigenvalue weighted by atomic mass is 16.5. The summed E-state index contributed by atoms with van der Waals surface area (Å²) in [7, 11) is 3.28. The van der Waals surface area contributed by atoms with Crippen LogP contribution in [0.5, 0.6) is 11.5 Å². The van der Waals surface area contributed by atoms with Gasteiger partial charge in [-0.1, -0.05) is 6.92 Å². The number of aliphatic carboxylic acids is 1. The van der Waals surface area contributed by atoms with Gasteiger partial charge in [-0.15, -0.1) is 0 Å². The minimum Gasteiger partial charge on any atom is -0.496 e. The van der Waals surface area contributed by atoms with Gasteiger partial charge in [0, 0.05) is 11.5 Å². The summed E-state index contributed by atoms with van der Waals surface area (Å²) < 4.78 is 10.9. The number of aryl methyl sites for hydroxylation is 1. The first kappa shape index (κ1) is 14.7. The molecular weight excluding hydrogens is 256 g/mol. The average molecular weight is 278 g/mol. The Labute approximate surface area is 119 Å². The smallest absolute Gasteiger partial charge is 0.303 e. The van der Waals surface area contributed by atoms with E-state index in [1.165, 1.54) is 0 Å². The number of hydrogen-bond donors (Lipinski definition) is 1. The fraction of sp³-hybridized carbons (Fsp3) is 0.562. The van der Waals surface area contributed by atoms with Crippen molar-refractivity contribution in [3.8, 4) is 11.5 Å². The second-order valence-electron chi connectivity index (χ2n) is 5.30. The van der Waals surface area contributed by atoms with Gasteiger partial charge in [0.1, 0.15) is 11.5 Å². The predicted octanol–water partition coefficient (Wildman–Crippen LogP) is 3.23. The molecule has 1 saturated carbocycles. The molecule has 1 unspecified atom stereocenters. The molecule has 1 aromatic carbocycles. The maximum absolute atomic E-state index is 11.1. The summed E-state index contributed by atoms with van der Waals surface area (Å²) in [4.78, 5) is 11.1. The standard InChI is InChI=1S/C16H22O4/c1-4-10-7-15(20-3)13(8-14(10)19-2)12(9-16(17)18)11-5-6-11/h7-8,11-12H,4-6,9H2,1-3H3,(H,17,18). The summed E-state index contributed by atoms with van der Waals surface area (Å²) in [5.41, 5.74) is 2.05. The summed E-state index contributed by atoms with van der Waals surface area (Å²) in [5.74, 6) is 1.31. The molecule has 4 nitrogen and oxygen atoms in total. The van der Waals surface area contributed by atoms with Crippen molar-refractivity contribution >= 4 is 5.97 Å². The Bertz CT molecular complexity index is 491. The van der Waals surface area contributed by atoms with Crippen molar-refractivity contribution in [2.24, 2.45) is 5.92 Å². The summed E-state index contributed by atoms with van der Waals surface area (Å²) in [6, 6.07) is 3.94. The van der Waals surface area contributed by atoms with Crippen molar-refractivity contribution in [2.45, 2.75) is 38.5 Å². The van der Waals surface area contributed by atoms with Crippen LogP contribution in [0, 0.1) is 5.92 Å². The summed E-state index contributed by atoms with van der Waals surface area (Å²) >= 11 is 0. The maximum atomic E-state index is 11.1. The third kappa shape index (κ3) is 3.06. The lowest BCUT2D eigenvalue weighted by Crippen LogP contribution is -2.10. The van der Waals surface area contributed by atoms with E-state index in [0.717, 1.165) is 41.9 Å². The zero-order chi connectivity index (χ0) is 14.7. The lowest BCUT2D eigenvalue weighted by molar-refractivity contribution is -0.137. The molecule has 1 atom stereocenters. The third-order valence-electron chi connectivity index (χ3n) is 4.00. The van der Waals surface area contributed by atoms with E-state index in [0.29, 0.717) is 5.92 Å². The molecule has 0 spiro atoms. The van der Waals surface area contributed by atoms with Crippen LogP contribution in [0.4, 0.5) is 0 Å². The van der Waals surface area contributed by atoms with Crippen LogP contribution in [0.25, 0.3) is 0 Å². The fourth-order valence-corrected chi connectivity index (χ4v) is 2.77. The zero-order valence-corrected chi connectivity index (χ0v) is 12.3. The monoisotopic (exact) mass is 278 g/mol. The van der Waals surface area contributed by atoms with Crippen LogP contribution in [0.3, 0.4) is 0 Å². The van der Waals surface area contributed by atoms with Crippen molar-refractivity contribution in [3.63, 3.8) is 0 Å². The topological polar surface area (TPSA) is 55.8 Å². The lowest BCUT2D eigenvalue weighted by Gasteiger charge is -2.20. The van der Waals surface area contributed by atoms with E-state index < -0.39 is 5.97 Å². The molecule has 1 N–H and O–H groups in total. The normalized spacial score (nSPS) is 15.8. The van der Waals surface area contributed by atoms with Gasteiger partial charge >= 0.3 is 5.97 Å². The number of methoxy groups -OCH3 is 2. The third-order valence-corrected chi connectivity index (χ3v) is 4.00. The van der Waals surface area contributed by atoms with E-state index in [9.17, 15) is 4.79 Å². The molecule has 0 amide bonds. The van der Waals surface area contributed by atoms with E-state index in [-0.39, 0.29) is 12.3 Å². The molecular formula is C16H22O4. The van der Waals surface area contributed by atoms with Crippen LogP contribution < -0.4 is 9.47 Å². The molecule has 0 aliphatic heterocycles. The average Bonchev–Trinajstić information content (AvgIpc) is 3.27. The molecule has 0 bridgehead atoms. The van der Waals surface area contributed by atoms with E-state index >= 15 is 0 Å². The van der Waals surface area contributed by atoms with Gasteiger partial charge in [0.15, 0.2) is 0 Å². The quantitative estimate of drug-likeness (QED) is 0.832. The van der Waals surface area contributed by atoms with Crippen LogP contribution >= 0.6 is 0 Å². The molecule has 2 rings (SSSR count). The summed E-state index contributed by atoms with van der Waals surface area (Å²) in [5, 5.41) is 9.14. The maximum Gasteiger partial charge on any atom is 0.303 e. The van der Waals surface area contributed by atoms with E-state index in [2.05, 4.69) is 6.92 Å². The number of hydrogen-bond acceptors (Lipinski definition) is 3. The number of benzene rings is 1. The molecule has 4 heteroatoms. The van der Waals surface area contributed by atoms with Crippen molar-refractivity contribution < 1.29 is 19.4 Å². The SMILES string of the molecule is CCc1cc(OC)c(C(CC(=O)O)C2CC2)cc1OC. The molecule has 20 heavy (non-hydrogen) atoms. The first-order valence-corrected chi connectivity index (χ1v) is 7.07. The molecule has 1 aromatic rings. The zero-order valence-electron chi connectivity index (χ0n) is 12.3. The fourth-order valence-electron chi connectivity index (χ4n) is 2.77. The predicted molar refractivity (Wildman–Crippen MR) is 76.6 cm³/mol. The van der Waals surface area contributed by atoms with Crippen molar-refractivity contribution in [1.82, 2.24) is 0 Å². The van der Waals surface area contributed by atoms with Gasteiger partial charge in [0.25, 0.3) is 0 Å². The second-order valence-corrected chi connectivity index (χ2v) is 5.30. The van der Waals surface area contributed by atoms with Crippen LogP contribution in [0.1, 0.15) is 43.2 Å². The van der Waals surface area contributed by atoms with Gasteiger partial charge < -0.3 is 14.6 Å². The highest BCUT2D eigenvalue weighted by Gasteiger charge is 2.35. The Balaban J connectivity index is 2.43. The Hall–Kier alpha value is -1.71. The Kier molecular flexibility index (Phi) is 4.53. The molecule has 1 fully saturated rings. The lowest BCUT2D eigenvalue weighted by atomic mass is 9.89. The Morgan fingerprint density at radius 2 is 1.95 bits per heavy atom. The minimum absolute atomic E-state index is 0.0160. The van der Waals surface area contributed by atoms with Crippen LogP contribution in [0.2, 0.25) is 0 Å². The molecule has 0 saturated heterocycles. The Morgan fingerprint density at radius 1 is 1.30 bits per heavy atom.